The van der Waals surface area contributed by atoms with Gasteiger partial charge in [-0.3, -0.25) is 9.36 Å². The summed E-state index contributed by atoms with van der Waals surface area (Å²) in [5.41, 5.74) is 1.21. The molecule has 5 rings (SSSR count). The van der Waals surface area contributed by atoms with Crippen LogP contribution in [0.2, 0.25) is 0 Å². The third-order valence-electron chi connectivity index (χ3n) is 6.47. The number of fused-ring (bicyclic) bond motifs is 2. The fourth-order valence-electron chi connectivity index (χ4n) is 4.92. The van der Waals surface area contributed by atoms with Crippen molar-refractivity contribution in [3.8, 4) is 0 Å². The third-order valence-corrected chi connectivity index (χ3v) is 6.47. The van der Waals surface area contributed by atoms with Crippen molar-refractivity contribution in [1.82, 2.24) is 14.5 Å². The highest BCUT2D eigenvalue weighted by Gasteiger charge is 2.47. The van der Waals surface area contributed by atoms with Crippen LogP contribution in [0.3, 0.4) is 0 Å². The van der Waals surface area contributed by atoms with Crippen LogP contribution in [-0.4, -0.2) is 34.1 Å². The summed E-state index contributed by atoms with van der Waals surface area (Å²) in [5.74, 6) is 1.53. The number of aromatic amines is 1. The van der Waals surface area contributed by atoms with Gasteiger partial charge in [0.25, 0.3) is 5.56 Å². The number of nitrogens with zero attached hydrogens (tertiary/aromatic N) is 2. The molecule has 1 aliphatic carbocycles. The summed E-state index contributed by atoms with van der Waals surface area (Å²) in [7, 11) is 0. The van der Waals surface area contributed by atoms with Crippen molar-refractivity contribution >= 4 is 10.9 Å². The molecule has 1 aliphatic heterocycles. The molecule has 1 aromatic heterocycles. The average molecular weight is 379 g/mol. The quantitative estimate of drug-likeness (QED) is 0.758. The zero-order chi connectivity index (χ0) is 19.3. The summed E-state index contributed by atoms with van der Waals surface area (Å²) in [4.78, 5) is 30.1. The van der Waals surface area contributed by atoms with Gasteiger partial charge in [-0.1, -0.05) is 24.3 Å². The van der Waals surface area contributed by atoms with Crippen molar-refractivity contribution < 1.29 is 4.39 Å². The first-order valence-electron chi connectivity index (χ1n) is 9.80. The smallest absolute Gasteiger partial charge is 0.307 e. The maximum Gasteiger partial charge on any atom is 0.328 e. The van der Waals surface area contributed by atoms with Gasteiger partial charge in [-0.15, -0.1) is 0 Å². The number of benzene rings is 2. The van der Waals surface area contributed by atoms with Crippen LogP contribution in [0.15, 0.2) is 58.1 Å². The van der Waals surface area contributed by atoms with Gasteiger partial charge >= 0.3 is 5.69 Å². The van der Waals surface area contributed by atoms with E-state index < -0.39 is 0 Å². The molecule has 3 atom stereocenters. The Labute approximate surface area is 161 Å². The molecule has 28 heavy (non-hydrogen) atoms. The Hall–Kier alpha value is -2.73. The van der Waals surface area contributed by atoms with Crippen LogP contribution < -0.4 is 11.2 Å². The second kappa shape index (κ2) is 6.71. The largest absolute Gasteiger partial charge is 0.328 e. The Morgan fingerprint density at radius 3 is 2.61 bits per heavy atom. The molecular formula is C22H22FN3O2. The monoisotopic (exact) mass is 379 g/mol. The van der Waals surface area contributed by atoms with Gasteiger partial charge in [-0.2, -0.15) is 0 Å². The van der Waals surface area contributed by atoms with Crippen molar-refractivity contribution in [3.05, 3.63) is 80.7 Å². The number of likely N-dealkylation sites (tertiary alicyclic amines) is 1. The minimum Gasteiger partial charge on any atom is -0.307 e. The van der Waals surface area contributed by atoms with Crippen molar-refractivity contribution in [2.24, 2.45) is 11.8 Å². The number of hydrogen-bond donors (Lipinski definition) is 1. The van der Waals surface area contributed by atoms with E-state index in [4.69, 9.17) is 0 Å². The molecule has 1 saturated heterocycles. The summed E-state index contributed by atoms with van der Waals surface area (Å²) < 4.78 is 14.5. The number of H-pyrrole nitrogens is 1. The average Bonchev–Trinajstić information content (AvgIpc) is 2.99. The first-order valence-corrected chi connectivity index (χ1v) is 9.80. The fourth-order valence-corrected chi connectivity index (χ4v) is 4.92. The predicted molar refractivity (Wildman–Crippen MR) is 106 cm³/mol. The van der Waals surface area contributed by atoms with Crippen molar-refractivity contribution in [1.29, 1.82) is 0 Å². The lowest BCUT2D eigenvalue weighted by molar-refractivity contribution is 0.191. The summed E-state index contributed by atoms with van der Waals surface area (Å²) >= 11 is 0. The van der Waals surface area contributed by atoms with Crippen LogP contribution in [0.1, 0.15) is 17.9 Å². The molecule has 6 heteroatoms. The van der Waals surface area contributed by atoms with E-state index in [9.17, 15) is 14.0 Å². The van der Waals surface area contributed by atoms with Crippen molar-refractivity contribution in [2.75, 3.05) is 19.6 Å². The van der Waals surface area contributed by atoms with Crippen LogP contribution in [0.25, 0.3) is 10.9 Å². The van der Waals surface area contributed by atoms with Gasteiger partial charge < -0.3 is 9.88 Å². The Bertz CT molecular complexity index is 1130. The molecule has 0 amide bonds. The number of para-hydroxylation sites is 1. The van der Waals surface area contributed by atoms with Crippen LogP contribution in [0, 0.1) is 17.7 Å². The van der Waals surface area contributed by atoms with Crippen molar-refractivity contribution in [3.63, 3.8) is 0 Å². The van der Waals surface area contributed by atoms with E-state index in [0.29, 0.717) is 41.7 Å². The molecule has 2 aliphatic rings. The van der Waals surface area contributed by atoms with E-state index in [2.05, 4.69) is 9.88 Å². The lowest BCUT2D eigenvalue weighted by Crippen LogP contribution is -2.38. The summed E-state index contributed by atoms with van der Waals surface area (Å²) in [6.07, 6.45) is 1.13. The van der Waals surface area contributed by atoms with E-state index in [1.807, 2.05) is 12.1 Å². The second-order valence-corrected chi connectivity index (χ2v) is 8.01. The molecule has 2 fully saturated rings. The highest BCUT2D eigenvalue weighted by atomic mass is 19.1. The molecule has 2 heterocycles. The van der Waals surface area contributed by atoms with Crippen LogP contribution in [0.5, 0.6) is 0 Å². The van der Waals surface area contributed by atoms with E-state index in [-0.39, 0.29) is 17.1 Å². The Kier molecular flexibility index (Phi) is 4.16. The van der Waals surface area contributed by atoms with E-state index in [1.165, 1.54) is 22.3 Å². The first-order chi connectivity index (χ1) is 13.6. The lowest BCUT2D eigenvalue weighted by atomic mass is 9.64. The molecule has 5 nitrogen and oxygen atoms in total. The molecular weight excluding hydrogens is 357 g/mol. The third kappa shape index (κ3) is 2.88. The standard InChI is InChI=1S/C22H22FN3O2/c23-16-7-5-14(6-8-16)18-11-15-12-25(13-19(15)18)9-10-26-21(27)17-3-1-2-4-20(17)24-22(26)28/h1-8,15,18-19H,9-13H2,(H,24,28)/t15-,18+,19+/m1/s1. The summed E-state index contributed by atoms with van der Waals surface area (Å²) in [6.45, 7) is 3.04. The van der Waals surface area contributed by atoms with E-state index >= 15 is 0 Å². The minimum absolute atomic E-state index is 0.196. The second-order valence-electron chi connectivity index (χ2n) is 8.01. The Morgan fingerprint density at radius 1 is 1.00 bits per heavy atom. The van der Waals surface area contributed by atoms with Crippen LogP contribution in [-0.2, 0) is 6.54 Å². The van der Waals surface area contributed by atoms with Gasteiger partial charge in [-0.25, -0.2) is 9.18 Å². The minimum atomic E-state index is -0.352. The first kappa shape index (κ1) is 17.4. The van der Waals surface area contributed by atoms with Crippen LogP contribution in [0.4, 0.5) is 4.39 Å². The van der Waals surface area contributed by atoms with Crippen LogP contribution >= 0.6 is 0 Å². The maximum absolute atomic E-state index is 13.2. The highest BCUT2D eigenvalue weighted by Crippen LogP contribution is 2.51. The number of nitrogens with one attached hydrogen (secondary N) is 1. The molecule has 1 saturated carbocycles. The molecule has 0 spiro atoms. The molecule has 144 valence electrons. The van der Waals surface area contributed by atoms with Gasteiger partial charge in [0.1, 0.15) is 5.82 Å². The van der Waals surface area contributed by atoms with Gasteiger partial charge in [0, 0.05) is 26.2 Å². The fraction of sp³-hybridized carbons (Fsp3) is 0.364. The maximum atomic E-state index is 13.2. The number of hydrogen-bond acceptors (Lipinski definition) is 3. The Balaban J connectivity index is 1.28. The van der Waals surface area contributed by atoms with E-state index in [1.54, 1.807) is 24.3 Å². The van der Waals surface area contributed by atoms with E-state index in [0.717, 1.165) is 19.5 Å². The zero-order valence-electron chi connectivity index (χ0n) is 15.5. The zero-order valence-corrected chi connectivity index (χ0v) is 15.5. The van der Waals surface area contributed by atoms with Gasteiger partial charge in [0.2, 0.25) is 0 Å². The molecule has 0 radical (unpaired) electrons. The molecule has 0 unspecified atom stereocenters. The summed E-state index contributed by atoms with van der Waals surface area (Å²) in [6, 6.07) is 14.0. The van der Waals surface area contributed by atoms with Gasteiger partial charge in [0.05, 0.1) is 10.9 Å². The predicted octanol–water partition coefficient (Wildman–Crippen LogP) is 2.56. The topological polar surface area (TPSA) is 58.1 Å². The van der Waals surface area contributed by atoms with Gasteiger partial charge in [0.15, 0.2) is 0 Å². The SMILES string of the molecule is O=c1[nH]c2ccccc2c(=O)n1CCN1C[C@H]2C[C@@H](c3ccc(F)cc3)[C@H]2C1. The van der Waals surface area contributed by atoms with Crippen molar-refractivity contribution in [2.45, 2.75) is 18.9 Å². The normalized spacial score (nSPS) is 24.2. The molecule has 1 N–H and O–H groups in total. The van der Waals surface area contributed by atoms with Gasteiger partial charge in [-0.05, 0) is 54.0 Å². The molecule has 0 bridgehead atoms. The Morgan fingerprint density at radius 2 is 1.79 bits per heavy atom. The lowest BCUT2D eigenvalue weighted by Gasteiger charge is -2.40. The number of rotatable bonds is 4. The number of halogens is 1. The highest BCUT2D eigenvalue weighted by molar-refractivity contribution is 5.76. The molecule has 2 aromatic carbocycles. The summed E-state index contributed by atoms with van der Waals surface area (Å²) in [5, 5.41) is 0.542. The molecule has 3 aromatic rings. The number of aromatic nitrogens is 2.